The van der Waals surface area contributed by atoms with E-state index in [1.165, 1.54) is 5.56 Å². The number of nitrogens with zero attached hydrogens (tertiary/aromatic N) is 4. The van der Waals surface area contributed by atoms with Gasteiger partial charge in [-0.1, -0.05) is 41.0 Å². The van der Waals surface area contributed by atoms with E-state index in [1.807, 2.05) is 69.3 Å². The number of anilines is 3. The Labute approximate surface area is 209 Å². The molecule has 5 aromatic rings. The highest BCUT2D eigenvalue weighted by molar-refractivity contribution is 5.67. The van der Waals surface area contributed by atoms with Crippen molar-refractivity contribution in [3.8, 4) is 34.5 Å². The van der Waals surface area contributed by atoms with Crippen molar-refractivity contribution in [2.24, 2.45) is 0 Å². The van der Waals surface area contributed by atoms with Crippen LogP contribution in [0.2, 0.25) is 0 Å². The Bertz CT molecular complexity index is 1540. The number of ether oxygens (including phenoxy) is 1. The van der Waals surface area contributed by atoms with Gasteiger partial charge in [-0.25, -0.2) is 4.98 Å². The molecule has 0 saturated carbocycles. The summed E-state index contributed by atoms with van der Waals surface area (Å²) in [5.74, 6) is 2.13. The van der Waals surface area contributed by atoms with Crippen LogP contribution in [-0.2, 0) is 0 Å². The molecular weight excluding hydrogens is 452 g/mol. The molecule has 0 bridgehead atoms. The van der Waals surface area contributed by atoms with Crippen LogP contribution in [0.4, 0.5) is 17.5 Å². The molecule has 0 amide bonds. The van der Waals surface area contributed by atoms with Gasteiger partial charge in [0.25, 0.3) is 0 Å². The maximum Gasteiger partial charge on any atom is 0.320 e. The van der Waals surface area contributed by atoms with E-state index in [2.05, 4.69) is 44.5 Å². The summed E-state index contributed by atoms with van der Waals surface area (Å²) >= 11 is 0. The van der Waals surface area contributed by atoms with Crippen LogP contribution in [0.25, 0.3) is 22.8 Å². The third kappa shape index (κ3) is 5.02. The lowest BCUT2D eigenvalue weighted by Crippen LogP contribution is -2.01. The highest BCUT2D eigenvalue weighted by atomic mass is 16.5. The minimum absolute atomic E-state index is 0.305. The number of aryl methyl sites for hydroxylation is 4. The minimum atomic E-state index is 0.305. The first-order valence-electron chi connectivity index (χ1n) is 11.5. The fourth-order valence-electron chi connectivity index (χ4n) is 4.19. The molecule has 0 unspecified atom stereocenters. The summed E-state index contributed by atoms with van der Waals surface area (Å²) < 4.78 is 11.9. The number of nitrogens with two attached hydrogens (primary N) is 1. The van der Waals surface area contributed by atoms with Crippen molar-refractivity contribution in [3.05, 3.63) is 89.0 Å². The number of hydrogen-bond acceptors (Lipinski definition) is 8. The minimum Gasteiger partial charge on any atom is -0.439 e. The van der Waals surface area contributed by atoms with E-state index in [1.54, 1.807) is 6.07 Å². The van der Waals surface area contributed by atoms with Crippen molar-refractivity contribution < 1.29 is 9.15 Å². The highest BCUT2D eigenvalue weighted by Gasteiger charge is 2.14. The largest absolute Gasteiger partial charge is 0.439 e. The summed E-state index contributed by atoms with van der Waals surface area (Å²) in [6.07, 6.45) is 0. The standard InChI is InChI=1S/C28H26N6O2/c1-16-7-5-9-21(13-16)30-28-34-33-27(36-28)20-8-6-10-22(14-20)35-24-15-23(29)31-26(32-24)25-18(3)11-17(2)12-19(25)4/h5-15H,1-4H3,(H,30,34)(H2,29,31,32). The topological polar surface area (TPSA) is 112 Å². The van der Waals surface area contributed by atoms with Crippen LogP contribution in [0.3, 0.4) is 0 Å². The van der Waals surface area contributed by atoms with Gasteiger partial charge in [-0.15, -0.1) is 5.10 Å². The summed E-state index contributed by atoms with van der Waals surface area (Å²) in [5, 5.41) is 11.4. The van der Waals surface area contributed by atoms with Crippen LogP contribution in [-0.4, -0.2) is 20.2 Å². The Morgan fingerprint density at radius 3 is 2.36 bits per heavy atom. The molecule has 0 spiro atoms. The lowest BCUT2D eigenvalue weighted by molar-refractivity contribution is 0.462. The van der Waals surface area contributed by atoms with Gasteiger partial charge in [0.05, 0.1) is 0 Å². The first-order chi connectivity index (χ1) is 17.3. The second-order valence-electron chi connectivity index (χ2n) is 8.77. The molecule has 0 aliphatic carbocycles. The van der Waals surface area contributed by atoms with Crippen LogP contribution in [0.5, 0.6) is 11.6 Å². The fraction of sp³-hybridized carbons (Fsp3) is 0.143. The van der Waals surface area contributed by atoms with Gasteiger partial charge >= 0.3 is 6.01 Å². The van der Waals surface area contributed by atoms with Crippen LogP contribution in [0.15, 0.2) is 71.1 Å². The van der Waals surface area contributed by atoms with Gasteiger partial charge < -0.3 is 20.2 Å². The predicted molar refractivity (Wildman–Crippen MR) is 140 cm³/mol. The molecule has 0 radical (unpaired) electrons. The van der Waals surface area contributed by atoms with Crippen LogP contribution < -0.4 is 15.8 Å². The summed E-state index contributed by atoms with van der Waals surface area (Å²) in [7, 11) is 0. The molecule has 0 atom stereocenters. The Morgan fingerprint density at radius 2 is 1.58 bits per heavy atom. The predicted octanol–water partition coefficient (Wildman–Crippen LogP) is 6.55. The van der Waals surface area contributed by atoms with Gasteiger partial charge in [-0.2, -0.15) is 4.98 Å². The number of rotatable bonds is 6. The first kappa shape index (κ1) is 23.0. The van der Waals surface area contributed by atoms with E-state index in [-0.39, 0.29) is 0 Å². The molecule has 3 N–H and O–H groups in total. The molecule has 180 valence electrons. The number of hydrogen-bond donors (Lipinski definition) is 2. The van der Waals surface area contributed by atoms with Gasteiger partial charge in [0.1, 0.15) is 11.6 Å². The normalized spacial score (nSPS) is 10.9. The zero-order chi connectivity index (χ0) is 25.2. The third-order valence-corrected chi connectivity index (χ3v) is 5.62. The Balaban J connectivity index is 1.39. The van der Waals surface area contributed by atoms with E-state index < -0.39 is 0 Å². The van der Waals surface area contributed by atoms with Crippen molar-refractivity contribution >= 4 is 17.5 Å². The van der Waals surface area contributed by atoms with Gasteiger partial charge in [-0.05, 0) is 74.7 Å². The number of aromatic nitrogens is 4. The molecular formula is C28H26N6O2. The van der Waals surface area contributed by atoms with Gasteiger partial charge in [0.15, 0.2) is 5.82 Å². The molecule has 3 aromatic carbocycles. The second kappa shape index (κ2) is 9.50. The SMILES string of the molecule is Cc1cccc(Nc2nnc(-c3cccc(Oc4cc(N)nc(-c5c(C)cc(C)cc5C)n4)c3)o2)c1. The molecule has 8 nitrogen and oxygen atoms in total. The lowest BCUT2D eigenvalue weighted by atomic mass is 9.99. The van der Waals surface area contributed by atoms with E-state index in [0.29, 0.717) is 40.7 Å². The first-order valence-corrected chi connectivity index (χ1v) is 11.5. The van der Waals surface area contributed by atoms with Crippen molar-refractivity contribution in [3.63, 3.8) is 0 Å². The summed E-state index contributed by atoms with van der Waals surface area (Å²) in [6.45, 7) is 8.17. The molecule has 5 rings (SSSR count). The number of nitrogen functional groups attached to an aromatic ring is 1. The summed E-state index contributed by atoms with van der Waals surface area (Å²) in [5.41, 5.74) is 13.1. The van der Waals surface area contributed by atoms with Crippen molar-refractivity contribution in [2.75, 3.05) is 11.1 Å². The second-order valence-corrected chi connectivity index (χ2v) is 8.77. The summed E-state index contributed by atoms with van der Waals surface area (Å²) in [6, 6.07) is 21.4. The molecule has 0 aliphatic rings. The molecule has 0 aliphatic heterocycles. The third-order valence-electron chi connectivity index (χ3n) is 5.62. The average Bonchev–Trinajstić information content (AvgIpc) is 3.27. The molecule has 36 heavy (non-hydrogen) atoms. The van der Waals surface area contributed by atoms with E-state index in [9.17, 15) is 0 Å². The molecule has 2 heterocycles. The van der Waals surface area contributed by atoms with Gasteiger partial charge in [0.2, 0.25) is 11.8 Å². The van der Waals surface area contributed by atoms with E-state index >= 15 is 0 Å². The molecule has 2 aromatic heterocycles. The quantitative estimate of drug-likeness (QED) is 0.283. The summed E-state index contributed by atoms with van der Waals surface area (Å²) in [4.78, 5) is 9.09. The van der Waals surface area contributed by atoms with Crippen molar-refractivity contribution in [2.45, 2.75) is 27.7 Å². The maximum absolute atomic E-state index is 6.11. The van der Waals surface area contributed by atoms with Crippen LogP contribution in [0.1, 0.15) is 22.3 Å². The zero-order valence-corrected chi connectivity index (χ0v) is 20.5. The van der Waals surface area contributed by atoms with E-state index in [4.69, 9.17) is 14.9 Å². The van der Waals surface area contributed by atoms with Gasteiger partial charge in [0, 0.05) is 22.9 Å². The van der Waals surface area contributed by atoms with Gasteiger partial charge in [-0.3, -0.25) is 0 Å². The maximum atomic E-state index is 6.11. The van der Waals surface area contributed by atoms with Crippen LogP contribution >= 0.6 is 0 Å². The number of benzene rings is 3. The molecule has 0 fully saturated rings. The highest BCUT2D eigenvalue weighted by Crippen LogP contribution is 2.31. The Kier molecular flexibility index (Phi) is 6.08. The monoisotopic (exact) mass is 478 g/mol. The fourth-order valence-corrected chi connectivity index (χ4v) is 4.19. The lowest BCUT2D eigenvalue weighted by Gasteiger charge is -2.12. The Hall–Kier alpha value is -4.72. The molecule has 8 heteroatoms. The molecule has 0 saturated heterocycles. The van der Waals surface area contributed by atoms with Crippen LogP contribution in [0, 0.1) is 27.7 Å². The number of nitrogens with one attached hydrogen (secondary N) is 1. The van der Waals surface area contributed by atoms with Crippen molar-refractivity contribution in [1.82, 2.24) is 20.2 Å². The zero-order valence-electron chi connectivity index (χ0n) is 20.5. The van der Waals surface area contributed by atoms with E-state index in [0.717, 1.165) is 27.9 Å². The Morgan fingerprint density at radius 1 is 0.806 bits per heavy atom. The smallest absolute Gasteiger partial charge is 0.320 e. The van der Waals surface area contributed by atoms with Crippen molar-refractivity contribution in [1.29, 1.82) is 0 Å². The average molecular weight is 479 g/mol.